The first kappa shape index (κ1) is 17.2. The Balaban J connectivity index is 1.66. The van der Waals surface area contributed by atoms with E-state index in [0.29, 0.717) is 29.2 Å². The Bertz CT molecular complexity index is 777. The molecule has 0 spiro atoms. The quantitative estimate of drug-likeness (QED) is 0.700. The van der Waals surface area contributed by atoms with Crippen LogP contribution in [0.1, 0.15) is 28.8 Å². The molecule has 3 rings (SSSR count). The zero-order valence-electron chi connectivity index (χ0n) is 12.9. The average molecular weight is 455 g/mol. The van der Waals surface area contributed by atoms with Crippen LogP contribution in [0.3, 0.4) is 0 Å². The predicted octanol–water partition coefficient (Wildman–Crippen LogP) is 4.32. The number of hydrogen-bond donors (Lipinski definition) is 1. The highest BCUT2D eigenvalue weighted by atomic mass is 127. The number of benzene rings is 2. The smallest absolute Gasteiger partial charge is 0.255 e. The SMILES string of the molecule is O=C(Nc1ccc(I)cc1Cl)c1ccc(CN2CCCC2=O)cc1. The van der Waals surface area contributed by atoms with Crippen LogP contribution < -0.4 is 5.32 Å². The molecule has 1 aliphatic rings. The molecular weight excluding hydrogens is 439 g/mol. The molecule has 0 aliphatic carbocycles. The molecule has 1 N–H and O–H groups in total. The summed E-state index contributed by atoms with van der Waals surface area (Å²) in [6.07, 6.45) is 1.56. The zero-order chi connectivity index (χ0) is 17.1. The largest absolute Gasteiger partial charge is 0.338 e. The molecule has 2 aromatic carbocycles. The summed E-state index contributed by atoms with van der Waals surface area (Å²) < 4.78 is 1.01. The fraction of sp³-hybridized carbons (Fsp3) is 0.222. The second kappa shape index (κ2) is 7.53. The molecule has 1 fully saturated rings. The van der Waals surface area contributed by atoms with Crippen molar-refractivity contribution < 1.29 is 9.59 Å². The van der Waals surface area contributed by atoms with E-state index in [9.17, 15) is 9.59 Å². The molecule has 0 radical (unpaired) electrons. The van der Waals surface area contributed by atoms with Gasteiger partial charge in [-0.1, -0.05) is 23.7 Å². The summed E-state index contributed by atoms with van der Waals surface area (Å²) in [6.45, 7) is 1.41. The number of hydrogen-bond acceptors (Lipinski definition) is 2. The van der Waals surface area contributed by atoms with Gasteiger partial charge in [-0.25, -0.2) is 0 Å². The lowest BCUT2D eigenvalue weighted by Gasteiger charge is -2.15. The summed E-state index contributed by atoms with van der Waals surface area (Å²) in [6, 6.07) is 12.8. The van der Waals surface area contributed by atoms with Crippen molar-refractivity contribution in [2.45, 2.75) is 19.4 Å². The number of amides is 2. The molecule has 1 aliphatic heterocycles. The van der Waals surface area contributed by atoms with Crippen molar-refractivity contribution in [3.05, 3.63) is 62.2 Å². The van der Waals surface area contributed by atoms with E-state index in [2.05, 4.69) is 27.9 Å². The fourth-order valence-corrected chi connectivity index (χ4v) is 3.54. The van der Waals surface area contributed by atoms with Gasteiger partial charge >= 0.3 is 0 Å². The fourth-order valence-electron chi connectivity index (χ4n) is 2.64. The summed E-state index contributed by atoms with van der Waals surface area (Å²) >= 11 is 8.31. The second-order valence-corrected chi connectivity index (χ2v) is 7.35. The van der Waals surface area contributed by atoms with E-state index >= 15 is 0 Å². The minimum Gasteiger partial charge on any atom is -0.338 e. The first-order valence-electron chi connectivity index (χ1n) is 7.66. The van der Waals surface area contributed by atoms with Crippen molar-refractivity contribution in [1.82, 2.24) is 4.90 Å². The van der Waals surface area contributed by atoms with Crippen molar-refractivity contribution in [3.63, 3.8) is 0 Å². The molecule has 0 atom stereocenters. The Hall–Kier alpha value is -1.60. The van der Waals surface area contributed by atoms with E-state index in [4.69, 9.17) is 11.6 Å². The van der Waals surface area contributed by atoms with Gasteiger partial charge < -0.3 is 10.2 Å². The van der Waals surface area contributed by atoms with Crippen molar-refractivity contribution in [2.75, 3.05) is 11.9 Å². The lowest BCUT2D eigenvalue weighted by Crippen LogP contribution is -2.23. The summed E-state index contributed by atoms with van der Waals surface area (Å²) in [5, 5.41) is 3.33. The molecule has 2 aromatic rings. The molecule has 0 aromatic heterocycles. The molecule has 0 bridgehead atoms. The summed E-state index contributed by atoms with van der Waals surface area (Å²) in [7, 11) is 0. The maximum atomic E-state index is 12.3. The first-order chi connectivity index (χ1) is 11.5. The molecule has 0 saturated carbocycles. The number of likely N-dealkylation sites (tertiary alicyclic amines) is 1. The predicted molar refractivity (Wildman–Crippen MR) is 103 cm³/mol. The molecule has 24 heavy (non-hydrogen) atoms. The molecule has 1 saturated heterocycles. The summed E-state index contributed by atoms with van der Waals surface area (Å²) in [5.74, 6) is -0.00733. The lowest BCUT2D eigenvalue weighted by atomic mass is 10.1. The molecule has 4 nitrogen and oxygen atoms in total. The number of carbonyl (C=O) groups is 2. The molecule has 0 unspecified atom stereocenters. The van der Waals surface area contributed by atoms with Crippen LogP contribution in [0.25, 0.3) is 0 Å². The first-order valence-corrected chi connectivity index (χ1v) is 9.12. The minimum atomic E-state index is -0.207. The Kier molecular flexibility index (Phi) is 5.40. The van der Waals surface area contributed by atoms with Gasteiger partial charge in [-0.15, -0.1) is 0 Å². The zero-order valence-corrected chi connectivity index (χ0v) is 15.8. The van der Waals surface area contributed by atoms with Crippen LogP contribution >= 0.6 is 34.2 Å². The number of nitrogens with one attached hydrogen (secondary N) is 1. The van der Waals surface area contributed by atoms with Crippen LogP contribution in [0.2, 0.25) is 5.02 Å². The van der Waals surface area contributed by atoms with Crippen molar-refractivity contribution in [1.29, 1.82) is 0 Å². The standard InChI is InChI=1S/C18H16ClIN2O2/c19-15-10-14(20)7-8-16(15)21-18(24)13-5-3-12(4-6-13)11-22-9-1-2-17(22)23/h3-8,10H,1-2,9,11H2,(H,21,24). The molecule has 2 amide bonds. The third-order valence-corrected chi connectivity index (χ3v) is 4.92. The topological polar surface area (TPSA) is 49.4 Å². The Labute approximate surface area is 159 Å². The Morgan fingerprint density at radius 1 is 1.21 bits per heavy atom. The van der Waals surface area contributed by atoms with E-state index in [0.717, 1.165) is 22.1 Å². The van der Waals surface area contributed by atoms with Gasteiger partial charge in [-0.2, -0.15) is 0 Å². The maximum Gasteiger partial charge on any atom is 0.255 e. The van der Waals surface area contributed by atoms with Gasteiger partial charge in [0.1, 0.15) is 0 Å². The molecule has 1 heterocycles. The summed E-state index contributed by atoms with van der Waals surface area (Å²) in [5.41, 5.74) is 2.17. The molecule has 6 heteroatoms. The third kappa shape index (κ3) is 4.08. The van der Waals surface area contributed by atoms with Crippen LogP contribution in [0.15, 0.2) is 42.5 Å². The van der Waals surface area contributed by atoms with Gasteiger partial charge in [-0.05, 0) is 64.9 Å². The van der Waals surface area contributed by atoms with Crippen molar-refractivity contribution in [2.24, 2.45) is 0 Å². The average Bonchev–Trinajstić information content (AvgIpc) is 2.96. The third-order valence-electron chi connectivity index (χ3n) is 3.94. The highest BCUT2D eigenvalue weighted by molar-refractivity contribution is 14.1. The van der Waals surface area contributed by atoms with Crippen LogP contribution in [0, 0.1) is 3.57 Å². The monoisotopic (exact) mass is 454 g/mol. The van der Waals surface area contributed by atoms with Crippen LogP contribution in [0.4, 0.5) is 5.69 Å². The van der Waals surface area contributed by atoms with E-state index in [1.54, 1.807) is 24.3 Å². The van der Waals surface area contributed by atoms with Gasteiger partial charge in [0.25, 0.3) is 5.91 Å². The normalized spacial score (nSPS) is 14.1. The highest BCUT2D eigenvalue weighted by Crippen LogP contribution is 2.24. The van der Waals surface area contributed by atoms with Gasteiger partial charge in [0.2, 0.25) is 5.91 Å². The maximum absolute atomic E-state index is 12.3. The van der Waals surface area contributed by atoms with Gasteiger partial charge in [0.05, 0.1) is 10.7 Å². The Morgan fingerprint density at radius 2 is 1.96 bits per heavy atom. The van der Waals surface area contributed by atoms with Crippen molar-refractivity contribution in [3.8, 4) is 0 Å². The Morgan fingerprint density at radius 3 is 2.58 bits per heavy atom. The second-order valence-electron chi connectivity index (χ2n) is 5.69. The number of halogens is 2. The highest BCUT2D eigenvalue weighted by Gasteiger charge is 2.20. The number of nitrogens with zero attached hydrogens (tertiary/aromatic N) is 1. The van der Waals surface area contributed by atoms with Crippen LogP contribution in [0.5, 0.6) is 0 Å². The van der Waals surface area contributed by atoms with Gasteiger partial charge in [-0.3, -0.25) is 9.59 Å². The van der Waals surface area contributed by atoms with E-state index in [1.807, 2.05) is 23.1 Å². The van der Waals surface area contributed by atoms with Gasteiger partial charge in [0.15, 0.2) is 0 Å². The number of rotatable bonds is 4. The minimum absolute atomic E-state index is 0.199. The molecule has 124 valence electrons. The van der Waals surface area contributed by atoms with Crippen LogP contribution in [-0.4, -0.2) is 23.3 Å². The van der Waals surface area contributed by atoms with E-state index in [1.165, 1.54) is 0 Å². The van der Waals surface area contributed by atoms with E-state index in [-0.39, 0.29) is 11.8 Å². The summed E-state index contributed by atoms with van der Waals surface area (Å²) in [4.78, 5) is 25.8. The number of anilines is 1. The molecular formula is C18H16ClIN2O2. The number of carbonyl (C=O) groups excluding carboxylic acids is 2. The van der Waals surface area contributed by atoms with Crippen LogP contribution in [-0.2, 0) is 11.3 Å². The lowest BCUT2D eigenvalue weighted by molar-refractivity contribution is -0.128. The van der Waals surface area contributed by atoms with Crippen molar-refractivity contribution >= 4 is 51.7 Å². The van der Waals surface area contributed by atoms with Gasteiger partial charge in [0, 0.05) is 28.6 Å². The van der Waals surface area contributed by atoms with E-state index < -0.39 is 0 Å².